The zero-order valence-electron chi connectivity index (χ0n) is 16.8. The lowest BCUT2D eigenvalue weighted by atomic mass is 10.1. The Kier molecular flexibility index (Phi) is 10.8. The van der Waals surface area contributed by atoms with Crippen LogP contribution in [-0.4, -0.2) is 48.6 Å². The van der Waals surface area contributed by atoms with Crippen molar-refractivity contribution >= 4 is 29.8 Å². The van der Waals surface area contributed by atoms with Gasteiger partial charge in [0.2, 0.25) is 5.91 Å². The summed E-state index contributed by atoms with van der Waals surface area (Å²) in [6.07, 6.45) is 6.68. The number of esters is 1. The maximum Gasteiger partial charge on any atom is 0.328 e. The Morgan fingerprint density at radius 3 is 2.38 bits per heavy atom. The lowest BCUT2D eigenvalue weighted by Crippen LogP contribution is -2.48. The first kappa shape index (κ1) is 23.9. The smallest absolute Gasteiger partial charge is 0.328 e. The van der Waals surface area contributed by atoms with Crippen molar-refractivity contribution in [1.82, 2.24) is 10.6 Å². The summed E-state index contributed by atoms with van der Waals surface area (Å²) in [7, 11) is 1.23. The maximum atomic E-state index is 12.5. The number of unbranched alkanes of at least 4 members (excludes halogenated alkanes) is 3. The first-order valence-corrected chi connectivity index (χ1v) is 9.53. The summed E-state index contributed by atoms with van der Waals surface area (Å²) in [6.45, 7) is 1.82. The molecule has 2 amide bonds. The number of carbonyl (C=O) groups excluding carboxylic acids is 3. The summed E-state index contributed by atoms with van der Waals surface area (Å²) in [5.74, 6) is -2.50. The number of amides is 2. The van der Waals surface area contributed by atoms with E-state index in [4.69, 9.17) is 5.11 Å². The van der Waals surface area contributed by atoms with Gasteiger partial charge in [0.1, 0.15) is 12.6 Å². The normalized spacial score (nSPS) is 11.7. The largest absolute Gasteiger partial charge is 0.478 e. The summed E-state index contributed by atoms with van der Waals surface area (Å²) in [5.41, 5.74) is 0.979. The highest BCUT2D eigenvalue weighted by molar-refractivity contribution is 5.98. The molecule has 1 unspecified atom stereocenters. The number of carboxylic acids is 1. The van der Waals surface area contributed by atoms with E-state index in [1.807, 2.05) is 0 Å². The highest BCUT2D eigenvalue weighted by Gasteiger charge is 2.21. The number of nitrogens with one attached hydrogen (secondary N) is 2. The number of benzene rings is 1. The van der Waals surface area contributed by atoms with Crippen molar-refractivity contribution in [1.29, 1.82) is 0 Å². The molecule has 0 aromatic heterocycles. The van der Waals surface area contributed by atoms with Crippen LogP contribution >= 0.6 is 0 Å². The standard InChI is InChI=1S/C21H28N2O6/c1-3-4-5-6-7-17(21(28)22-14-19(26)29-2)23-20(27)16-11-8-15(9-12-16)10-13-18(24)25/h8-13,17H,3-7,14H2,1-2H3,(H,22,28)(H,23,27)(H,24,25)/b13-10+. The molecule has 0 radical (unpaired) electrons. The quantitative estimate of drug-likeness (QED) is 0.279. The summed E-state index contributed by atoms with van der Waals surface area (Å²) in [5, 5.41) is 13.8. The van der Waals surface area contributed by atoms with Gasteiger partial charge in [-0.15, -0.1) is 0 Å². The van der Waals surface area contributed by atoms with Gasteiger partial charge in [-0.2, -0.15) is 0 Å². The second kappa shape index (κ2) is 13.1. The van der Waals surface area contributed by atoms with Crippen LogP contribution in [0.3, 0.4) is 0 Å². The molecule has 158 valence electrons. The van der Waals surface area contributed by atoms with Crippen LogP contribution in [0.2, 0.25) is 0 Å². The van der Waals surface area contributed by atoms with Crippen LogP contribution in [0.15, 0.2) is 30.3 Å². The molecule has 1 atom stereocenters. The Morgan fingerprint density at radius 1 is 1.10 bits per heavy atom. The van der Waals surface area contributed by atoms with Crippen LogP contribution in [-0.2, 0) is 19.1 Å². The van der Waals surface area contributed by atoms with E-state index < -0.39 is 29.8 Å². The average molecular weight is 404 g/mol. The van der Waals surface area contributed by atoms with Crippen LogP contribution in [0.25, 0.3) is 6.08 Å². The highest BCUT2D eigenvalue weighted by Crippen LogP contribution is 2.09. The molecule has 0 aliphatic carbocycles. The summed E-state index contributed by atoms with van der Waals surface area (Å²) in [4.78, 5) is 46.7. The van der Waals surface area contributed by atoms with Crippen LogP contribution in [0, 0.1) is 0 Å². The minimum atomic E-state index is -1.06. The Morgan fingerprint density at radius 2 is 1.79 bits per heavy atom. The SMILES string of the molecule is CCCCCCC(NC(=O)c1ccc(/C=C/C(=O)O)cc1)C(=O)NCC(=O)OC. The van der Waals surface area contributed by atoms with Crippen LogP contribution < -0.4 is 10.6 Å². The van der Waals surface area contributed by atoms with Crippen molar-refractivity contribution in [2.45, 2.75) is 45.1 Å². The van der Waals surface area contributed by atoms with Crippen LogP contribution in [0.4, 0.5) is 0 Å². The number of ether oxygens (including phenoxy) is 1. The average Bonchev–Trinajstić information content (AvgIpc) is 2.72. The molecule has 0 saturated heterocycles. The van der Waals surface area contributed by atoms with Crippen molar-refractivity contribution in [3.8, 4) is 0 Å². The Bertz CT molecular complexity index is 727. The molecule has 29 heavy (non-hydrogen) atoms. The highest BCUT2D eigenvalue weighted by atomic mass is 16.5. The third-order valence-electron chi connectivity index (χ3n) is 4.19. The molecule has 1 aromatic carbocycles. The zero-order chi connectivity index (χ0) is 21.6. The van der Waals surface area contributed by atoms with Gasteiger partial charge in [-0.25, -0.2) is 4.79 Å². The molecule has 0 fully saturated rings. The Hall–Kier alpha value is -3.16. The number of aliphatic carboxylic acids is 1. The monoisotopic (exact) mass is 404 g/mol. The van der Waals surface area contributed by atoms with E-state index in [1.54, 1.807) is 24.3 Å². The first-order valence-electron chi connectivity index (χ1n) is 9.53. The number of carboxylic acid groups (broad SMARTS) is 1. The predicted octanol–water partition coefficient (Wildman–Crippen LogP) is 2.14. The predicted molar refractivity (Wildman–Crippen MR) is 108 cm³/mol. The molecule has 0 saturated carbocycles. The van der Waals surface area contributed by atoms with Gasteiger partial charge in [0.05, 0.1) is 7.11 Å². The van der Waals surface area contributed by atoms with Gasteiger partial charge < -0.3 is 20.5 Å². The fourth-order valence-corrected chi connectivity index (χ4v) is 2.55. The molecule has 0 aliphatic rings. The third-order valence-corrected chi connectivity index (χ3v) is 4.19. The topological polar surface area (TPSA) is 122 Å². The zero-order valence-corrected chi connectivity index (χ0v) is 16.8. The molecule has 1 rings (SSSR count). The summed E-state index contributed by atoms with van der Waals surface area (Å²) in [6, 6.07) is 5.56. The number of hydrogen-bond donors (Lipinski definition) is 3. The summed E-state index contributed by atoms with van der Waals surface area (Å²) < 4.78 is 4.51. The molecule has 0 aliphatic heterocycles. The number of carbonyl (C=O) groups is 4. The van der Waals surface area contributed by atoms with Gasteiger partial charge >= 0.3 is 11.9 Å². The van der Waals surface area contributed by atoms with Crippen LogP contribution in [0.1, 0.15) is 54.9 Å². The molecule has 1 aromatic rings. The molecule has 8 heteroatoms. The van der Waals surface area contributed by atoms with E-state index in [9.17, 15) is 19.2 Å². The second-order valence-electron chi connectivity index (χ2n) is 6.46. The van der Waals surface area contributed by atoms with Crippen molar-refractivity contribution < 1.29 is 29.0 Å². The van der Waals surface area contributed by atoms with Gasteiger partial charge in [0, 0.05) is 11.6 Å². The van der Waals surface area contributed by atoms with Gasteiger partial charge in [0.25, 0.3) is 5.91 Å². The van der Waals surface area contributed by atoms with E-state index in [-0.39, 0.29) is 6.54 Å². The van der Waals surface area contributed by atoms with Crippen molar-refractivity contribution in [3.63, 3.8) is 0 Å². The Labute approximate surface area is 170 Å². The van der Waals surface area contributed by atoms with Crippen molar-refractivity contribution in [2.24, 2.45) is 0 Å². The molecular weight excluding hydrogens is 376 g/mol. The lowest BCUT2D eigenvalue weighted by Gasteiger charge is -2.18. The molecule has 0 spiro atoms. The molecule has 0 heterocycles. The van der Waals surface area contributed by atoms with Gasteiger partial charge in [-0.1, -0.05) is 44.7 Å². The van der Waals surface area contributed by atoms with E-state index in [2.05, 4.69) is 22.3 Å². The first-order chi connectivity index (χ1) is 13.9. The number of hydrogen-bond acceptors (Lipinski definition) is 5. The minimum Gasteiger partial charge on any atom is -0.478 e. The number of rotatable bonds is 12. The second-order valence-corrected chi connectivity index (χ2v) is 6.46. The Balaban J connectivity index is 2.76. The maximum absolute atomic E-state index is 12.5. The summed E-state index contributed by atoms with van der Waals surface area (Å²) >= 11 is 0. The molecular formula is C21H28N2O6. The molecule has 0 bridgehead atoms. The van der Waals surface area contributed by atoms with Crippen molar-refractivity contribution in [2.75, 3.05) is 13.7 Å². The number of methoxy groups -OCH3 is 1. The van der Waals surface area contributed by atoms with Crippen LogP contribution in [0.5, 0.6) is 0 Å². The van der Waals surface area contributed by atoms with E-state index in [0.717, 1.165) is 31.8 Å². The van der Waals surface area contributed by atoms with Gasteiger partial charge in [0.15, 0.2) is 0 Å². The third kappa shape index (κ3) is 9.55. The fourth-order valence-electron chi connectivity index (χ4n) is 2.55. The van der Waals surface area contributed by atoms with E-state index in [1.165, 1.54) is 13.2 Å². The van der Waals surface area contributed by atoms with Gasteiger partial charge in [-0.3, -0.25) is 14.4 Å². The molecule has 3 N–H and O–H groups in total. The van der Waals surface area contributed by atoms with Gasteiger partial charge in [-0.05, 0) is 30.2 Å². The fraction of sp³-hybridized carbons (Fsp3) is 0.429. The lowest BCUT2D eigenvalue weighted by molar-refractivity contribution is -0.141. The minimum absolute atomic E-state index is 0.263. The molecule has 8 nitrogen and oxygen atoms in total. The van der Waals surface area contributed by atoms with E-state index in [0.29, 0.717) is 17.5 Å². The van der Waals surface area contributed by atoms with E-state index >= 15 is 0 Å². The van der Waals surface area contributed by atoms with Crippen molar-refractivity contribution in [3.05, 3.63) is 41.5 Å².